The maximum Gasteiger partial charge on any atom is 0.0636 e. The van der Waals surface area contributed by atoms with Crippen molar-refractivity contribution in [3.8, 4) is 0 Å². The Labute approximate surface area is 80.9 Å². The van der Waals surface area contributed by atoms with E-state index in [1.165, 1.54) is 0 Å². The molecule has 4 nitrogen and oxygen atoms in total. The Bertz CT molecular complexity index is 95.8. The minimum absolute atomic E-state index is 0.276. The molecule has 0 amide bonds. The number of hydrogen-bond donors (Lipinski definition) is 2. The molecule has 0 aromatic carbocycles. The summed E-state index contributed by atoms with van der Waals surface area (Å²) in [6.07, 6.45) is -0.276. The van der Waals surface area contributed by atoms with Crippen molar-refractivity contribution in [2.45, 2.75) is 13.0 Å². The summed E-state index contributed by atoms with van der Waals surface area (Å²) in [5, 5.41) is 12.0. The quantitative estimate of drug-likeness (QED) is 0.508. The van der Waals surface area contributed by atoms with Crippen LogP contribution in [0.3, 0.4) is 0 Å². The van der Waals surface area contributed by atoms with Crippen molar-refractivity contribution in [2.75, 3.05) is 46.9 Å². The number of likely N-dealkylation sites (N-methyl/N-ethyl adjacent to an activating group) is 1. The molecule has 0 aromatic heterocycles. The average Bonchev–Trinajstić information content (AvgIpc) is 2.01. The van der Waals surface area contributed by atoms with E-state index in [0.717, 1.165) is 19.7 Å². The van der Waals surface area contributed by atoms with Gasteiger partial charge in [0.15, 0.2) is 0 Å². The van der Waals surface area contributed by atoms with E-state index in [9.17, 15) is 0 Å². The van der Waals surface area contributed by atoms with E-state index in [1.807, 2.05) is 14.1 Å². The highest BCUT2D eigenvalue weighted by atomic mass is 16.5. The lowest BCUT2D eigenvalue weighted by Crippen LogP contribution is -2.28. The second kappa shape index (κ2) is 8.44. The minimum atomic E-state index is -0.276. The van der Waals surface area contributed by atoms with Gasteiger partial charge in [-0.05, 0) is 21.0 Å². The third kappa shape index (κ3) is 11.8. The van der Waals surface area contributed by atoms with Crippen LogP contribution in [-0.2, 0) is 4.74 Å². The summed E-state index contributed by atoms with van der Waals surface area (Å²) in [5.74, 6) is 0. The van der Waals surface area contributed by atoms with Gasteiger partial charge in [-0.1, -0.05) is 0 Å². The molecule has 0 radical (unpaired) electrons. The zero-order chi connectivity index (χ0) is 10.1. The molecule has 0 unspecified atom stereocenters. The summed E-state index contributed by atoms with van der Waals surface area (Å²) in [7, 11) is 4.05. The van der Waals surface area contributed by atoms with Gasteiger partial charge in [-0.3, -0.25) is 0 Å². The predicted octanol–water partition coefficient (Wildman–Crippen LogP) is -0.465. The number of hydrogen-bond acceptors (Lipinski definition) is 4. The van der Waals surface area contributed by atoms with Crippen LogP contribution in [0.15, 0.2) is 0 Å². The van der Waals surface area contributed by atoms with E-state index >= 15 is 0 Å². The Balaban J connectivity index is 2.92. The Morgan fingerprint density at radius 2 is 2.08 bits per heavy atom. The van der Waals surface area contributed by atoms with Crippen LogP contribution in [0.5, 0.6) is 0 Å². The SMILES string of the molecule is C[C@@H](O)CNCCOCCN(C)C. The lowest BCUT2D eigenvalue weighted by Gasteiger charge is -2.10. The fourth-order valence-corrected chi connectivity index (χ4v) is 0.804. The first-order chi connectivity index (χ1) is 6.13. The van der Waals surface area contributed by atoms with Crippen LogP contribution in [-0.4, -0.2) is 63.1 Å². The van der Waals surface area contributed by atoms with Gasteiger partial charge >= 0.3 is 0 Å². The van der Waals surface area contributed by atoms with Crippen molar-refractivity contribution in [2.24, 2.45) is 0 Å². The number of rotatable bonds is 8. The van der Waals surface area contributed by atoms with E-state index in [1.54, 1.807) is 6.92 Å². The van der Waals surface area contributed by atoms with Gasteiger partial charge in [-0.25, -0.2) is 0 Å². The number of nitrogens with zero attached hydrogens (tertiary/aromatic N) is 1. The Morgan fingerprint density at radius 3 is 2.62 bits per heavy atom. The van der Waals surface area contributed by atoms with Crippen LogP contribution in [0.1, 0.15) is 6.92 Å². The molecule has 0 aromatic rings. The molecule has 13 heavy (non-hydrogen) atoms. The molecule has 2 N–H and O–H groups in total. The fourth-order valence-electron chi connectivity index (χ4n) is 0.804. The zero-order valence-corrected chi connectivity index (χ0v) is 8.92. The van der Waals surface area contributed by atoms with Crippen LogP contribution < -0.4 is 5.32 Å². The topological polar surface area (TPSA) is 44.7 Å². The summed E-state index contributed by atoms with van der Waals surface area (Å²) in [6.45, 7) is 5.63. The summed E-state index contributed by atoms with van der Waals surface area (Å²) >= 11 is 0. The maximum absolute atomic E-state index is 8.92. The summed E-state index contributed by atoms with van der Waals surface area (Å²) < 4.78 is 5.34. The second-order valence-electron chi connectivity index (χ2n) is 3.47. The van der Waals surface area contributed by atoms with Crippen LogP contribution in [0.25, 0.3) is 0 Å². The van der Waals surface area contributed by atoms with Gasteiger partial charge in [-0.15, -0.1) is 0 Å². The largest absolute Gasteiger partial charge is 0.392 e. The van der Waals surface area contributed by atoms with Gasteiger partial charge in [0.1, 0.15) is 0 Å². The van der Waals surface area contributed by atoms with E-state index in [2.05, 4.69) is 10.2 Å². The zero-order valence-electron chi connectivity index (χ0n) is 8.92. The molecular formula is C9H22N2O2. The molecule has 0 aliphatic heterocycles. The summed E-state index contributed by atoms with van der Waals surface area (Å²) in [6, 6.07) is 0. The average molecular weight is 190 g/mol. The lowest BCUT2D eigenvalue weighted by atomic mass is 10.4. The molecule has 0 rings (SSSR count). The van der Waals surface area contributed by atoms with Crippen molar-refractivity contribution < 1.29 is 9.84 Å². The van der Waals surface area contributed by atoms with Crippen molar-refractivity contribution in [1.82, 2.24) is 10.2 Å². The Hall–Kier alpha value is -0.160. The monoisotopic (exact) mass is 190 g/mol. The van der Waals surface area contributed by atoms with Gasteiger partial charge in [0.25, 0.3) is 0 Å². The van der Waals surface area contributed by atoms with E-state index in [-0.39, 0.29) is 6.10 Å². The second-order valence-corrected chi connectivity index (χ2v) is 3.47. The first-order valence-electron chi connectivity index (χ1n) is 4.74. The van der Waals surface area contributed by atoms with Crippen LogP contribution in [0, 0.1) is 0 Å². The van der Waals surface area contributed by atoms with Gasteiger partial charge in [0.2, 0.25) is 0 Å². The Morgan fingerprint density at radius 1 is 1.38 bits per heavy atom. The van der Waals surface area contributed by atoms with Gasteiger partial charge in [0.05, 0.1) is 19.3 Å². The normalized spacial score (nSPS) is 13.6. The number of nitrogens with one attached hydrogen (secondary N) is 1. The smallest absolute Gasteiger partial charge is 0.0636 e. The highest BCUT2D eigenvalue weighted by molar-refractivity contribution is 4.51. The molecule has 80 valence electrons. The lowest BCUT2D eigenvalue weighted by molar-refractivity contribution is 0.115. The maximum atomic E-state index is 8.92. The van der Waals surface area contributed by atoms with E-state index in [0.29, 0.717) is 13.2 Å². The molecule has 0 aliphatic rings. The molecule has 0 aliphatic carbocycles. The highest BCUT2D eigenvalue weighted by Gasteiger charge is 1.94. The van der Waals surface area contributed by atoms with Crippen molar-refractivity contribution in [3.05, 3.63) is 0 Å². The first-order valence-corrected chi connectivity index (χ1v) is 4.74. The highest BCUT2D eigenvalue weighted by Crippen LogP contribution is 1.78. The number of ether oxygens (including phenoxy) is 1. The molecule has 0 saturated heterocycles. The molecular weight excluding hydrogens is 168 g/mol. The third-order valence-corrected chi connectivity index (χ3v) is 1.55. The van der Waals surface area contributed by atoms with Crippen LogP contribution in [0.2, 0.25) is 0 Å². The molecule has 0 heterocycles. The fraction of sp³-hybridized carbons (Fsp3) is 1.00. The summed E-state index contributed by atoms with van der Waals surface area (Å²) in [4.78, 5) is 2.09. The molecule has 0 saturated carbocycles. The van der Waals surface area contributed by atoms with Gasteiger partial charge in [0, 0.05) is 19.6 Å². The molecule has 0 fully saturated rings. The number of aliphatic hydroxyl groups excluding tert-OH is 1. The van der Waals surface area contributed by atoms with Crippen molar-refractivity contribution >= 4 is 0 Å². The van der Waals surface area contributed by atoms with Crippen LogP contribution >= 0.6 is 0 Å². The molecule has 4 heteroatoms. The Kier molecular flexibility index (Phi) is 8.33. The van der Waals surface area contributed by atoms with Crippen molar-refractivity contribution in [3.63, 3.8) is 0 Å². The van der Waals surface area contributed by atoms with E-state index in [4.69, 9.17) is 9.84 Å². The molecule has 0 spiro atoms. The third-order valence-electron chi connectivity index (χ3n) is 1.55. The number of aliphatic hydroxyl groups is 1. The predicted molar refractivity (Wildman–Crippen MR) is 53.9 cm³/mol. The first kappa shape index (κ1) is 12.8. The van der Waals surface area contributed by atoms with E-state index < -0.39 is 0 Å². The minimum Gasteiger partial charge on any atom is -0.392 e. The summed E-state index contributed by atoms with van der Waals surface area (Å²) in [5.41, 5.74) is 0. The van der Waals surface area contributed by atoms with Gasteiger partial charge < -0.3 is 20.1 Å². The van der Waals surface area contributed by atoms with Crippen molar-refractivity contribution in [1.29, 1.82) is 0 Å². The standard InChI is InChI=1S/C9H22N2O2/c1-9(12)8-10-4-6-13-7-5-11(2)3/h9-10,12H,4-8H2,1-3H3/t9-/m1/s1. The van der Waals surface area contributed by atoms with Crippen LogP contribution in [0.4, 0.5) is 0 Å². The molecule has 0 bridgehead atoms. The molecule has 1 atom stereocenters. The van der Waals surface area contributed by atoms with Gasteiger partial charge in [-0.2, -0.15) is 0 Å².